The fourth-order valence-electron chi connectivity index (χ4n) is 2.83. The molecule has 1 aliphatic rings. The molecule has 1 fully saturated rings. The Labute approximate surface area is 98.5 Å². The molecule has 1 aliphatic carbocycles. The van der Waals surface area contributed by atoms with Crippen LogP contribution in [0.25, 0.3) is 0 Å². The molecule has 1 aromatic carbocycles. The van der Waals surface area contributed by atoms with E-state index in [0.717, 1.165) is 17.9 Å². The summed E-state index contributed by atoms with van der Waals surface area (Å²) in [6.07, 6.45) is 7.40. The molecule has 1 saturated carbocycles. The maximum atomic E-state index is 10.3. The minimum atomic E-state index is -0.260. The minimum Gasteiger partial charge on any atom is -0.388 e. The summed E-state index contributed by atoms with van der Waals surface area (Å²) in [5, 5.41) is 10.3. The molecule has 0 radical (unpaired) electrons. The average molecular weight is 218 g/mol. The van der Waals surface area contributed by atoms with Gasteiger partial charge in [0.05, 0.1) is 6.10 Å². The van der Waals surface area contributed by atoms with Crippen molar-refractivity contribution in [2.45, 2.75) is 51.6 Å². The molecule has 16 heavy (non-hydrogen) atoms. The van der Waals surface area contributed by atoms with Gasteiger partial charge in [0.2, 0.25) is 0 Å². The normalized spacial score (nSPS) is 19.6. The molecule has 1 aromatic rings. The summed E-state index contributed by atoms with van der Waals surface area (Å²) in [7, 11) is 0. The van der Waals surface area contributed by atoms with Crippen LogP contribution in [0.2, 0.25) is 0 Å². The van der Waals surface area contributed by atoms with Crippen molar-refractivity contribution >= 4 is 0 Å². The van der Waals surface area contributed by atoms with Gasteiger partial charge in [0.25, 0.3) is 0 Å². The van der Waals surface area contributed by atoms with Crippen LogP contribution in [0, 0.1) is 12.8 Å². The summed E-state index contributed by atoms with van der Waals surface area (Å²) in [5.41, 5.74) is 2.33. The molecule has 2 rings (SSSR count). The van der Waals surface area contributed by atoms with E-state index in [1.54, 1.807) is 0 Å². The summed E-state index contributed by atoms with van der Waals surface area (Å²) in [6.45, 7) is 2.08. The lowest BCUT2D eigenvalue weighted by molar-refractivity contribution is 0.131. The maximum Gasteiger partial charge on any atom is 0.0795 e. The highest BCUT2D eigenvalue weighted by Crippen LogP contribution is 2.32. The Hall–Kier alpha value is -0.820. The Balaban J connectivity index is 1.96. The van der Waals surface area contributed by atoms with Crippen LogP contribution in [-0.4, -0.2) is 5.11 Å². The van der Waals surface area contributed by atoms with E-state index < -0.39 is 0 Å². The van der Waals surface area contributed by atoms with Gasteiger partial charge < -0.3 is 5.11 Å². The van der Waals surface area contributed by atoms with Crippen molar-refractivity contribution in [3.63, 3.8) is 0 Å². The number of rotatable bonds is 3. The van der Waals surface area contributed by atoms with E-state index in [4.69, 9.17) is 0 Å². The number of hydrogen-bond donors (Lipinski definition) is 1. The topological polar surface area (TPSA) is 20.2 Å². The molecule has 88 valence electrons. The number of aryl methyl sites for hydroxylation is 1. The Kier molecular flexibility index (Phi) is 4.00. The Bertz CT molecular complexity index is 326. The smallest absolute Gasteiger partial charge is 0.0795 e. The van der Waals surface area contributed by atoms with Crippen LogP contribution in [0.4, 0.5) is 0 Å². The van der Waals surface area contributed by atoms with Gasteiger partial charge in [-0.1, -0.05) is 56.4 Å². The molecule has 0 saturated heterocycles. The average Bonchev–Trinajstić information content (AvgIpc) is 2.31. The van der Waals surface area contributed by atoms with E-state index in [-0.39, 0.29) is 6.10 Å². The zero-order valence-electron chi connectivity index (χ0n) is 10.2. The molecule has 1 nitrogen and oxygen atoms in total. The molecular formula is C15H22O. The van der Waals surface area contributed by atoms with Gasteiger partial charge >= 0.3 is 0 Å². The van der Waals surface area contributed by atoms with Crippen molar-refractivity contribution in [1.29, 1.82) is 0 Å². The van der Waals surface area contributed by atoms with E-state index in [9.17, 15) is 5.11 Å². The second-order valence-electron chi connectivity index (χ2n) is 5.11. The van der Waals surface area contributed by atoms with Gasteiger partial charge in [0.15, 0.2) is 0 Å². The predicted molar refractivity (Wildman–Crippen MR) is 67.3 cm³/mol. The lowest BCUT2D eigenvalue weighted by atomic mass is 9.83. The Morgan fingerprint density at radius 2 is 1.88 bits per heavy atom. The lowest BCUT2D eigenvalue weighted by Gasteiger charge is -2.24. The number of aliphatic hydroxyl groups is 1. The Morgan fingerprint density at radius 3 is 2.56 bits per heavy atom. The third-order valence-electron chi connectivity index (χ3n) is 3.83. The monoisotopic (exact) mass is 218 g/mol. The number of aliphatic hydroxyl groups excluding tert-OH is 1. The van der Waals surface area contributed by atoms with Gasteiger partial charge in [0.1, 0.15) is 0 Å². The second kappa shape index (κ2) is 5.49. The van der Waals surface area contributed by atoms with E-state index in [0.29, 0.717) is 0 Å². The highest BCUT2D eigenvalue weighted by atomic mass is 16.3. The van der Waals surface area contributed by atoms with Crippen molar-refractivity contribution in [3.8, 4) is 0 Å². The molecule has 1 heteroatoms. The number of benzene rings is 1. The maximum absolute atomic E-state index is 10.3. The second-order valence-corrected chi connectivity index (χ2v) is 5.11. The first-order valence-electron chi connectivity index (χ1n) is 6.51. The molecule has 0 bridgehead atoms. The lowest BCUT2D eigenvalue weighted by Crippen LogP contribution is -2.11. The summed E-state index contributed by atoms with van der Waals surface area (Å²) < 4.78 is 0. The quantitative estimate of drug-likeness (QED) is 0.813. The third kappa shape index (κ3) is 2.85. The molecular weight excluding hydrogens is 196 g/mol. The SMILES string of the molecule is Cc1ccccc1C(O)CC1CCCCC1. The zero-order chi connectivity index (χ0) is 11.4. The number of hydrogen-bond acceptors (Lipinski definition) is 1. The highest BCUT2D eigenvalue weighted by Gasteiger charge is 2.19. The molecule has 0 aromatic heterocycles. The molecule has 0 aliphatic heterocycles. The van der Waals surface area contributed by atoms with E-state index in [1.165, 1.54) is 37.7 Å². The summed E-state index contributed by atoms with van der Waals surface area (Å²) in [5.74, 6) is 0.739. The van der Waals surface area contributed by atoms with E-state index in [2.05, 4.69) is 19.1 Å². The van der Waals surface area contributed by atoms with Crippen molar-refractivity contribution in [3.05, 3.63) is 35.4 Å². The minimum absolute atomic E-state index is 0.260. The molecule has 1 atom stereocenters. The van der Waals surface area contributed by atoms with Crippen LogP contribution in [0.15, 0.2) is 24.3 Å². The van der Waals surface area contributed by atoms with Crippen LogP contribution in [0.3, 0.4) is 0 Å². The summed E-state index contributed by atoms with van der Waals surface area (Å²) >= 11 is 0. The zero-order valence-corrected chi connectivity index (χ0v) is 10.2. The van der Waals surface area contributed by atoms with Crippen LogP contribution in [0.5, 0.6) is 0 Å². The van der Waals surface area contributed by atoms with Gasteiger partial charge in [-0.3, -0.25) is 0 Å². The van der Waals surface area contributed by atoms with Gasteiger partial charge in [0, 0.05) is 0 Å². The first-order chi connectivity index (χ1) is 7.77. The van der Waals surface area contributed by atoms with Crippen molar-refractivity contribution in [1.82, 2.24) is 0 Å². The first kappa shape index (κ1) is 11.7. The molecule has 0 heterocycles. The molecule has 0 spiro atoms. The standard InChI is InChI=1S/C15H22O/c1-12-7-5-6-10-14(12)15(16)11-13-8-3-2-4-9-13/h5-7,10,13,15-16H,2-4,8-9,11H2,1H3. The third-order valence-corrected chi connectivity index (χ3v) is 3.83. The highest BCUT2D eigenvalue weighted by molar-refractivity contribution is 5.27. The van der Waals surface area contributed by atoms with Crippen molar-refractivity contribution < 1.29 is 5.11 Å². The van der Waals surface area contributed by atoms with Crippen molar-refractivity contribution in [2.24, 2.45) is 5.92 Å². The predicted octanol–water partition coefficient (Wildman–Crippen LogP) is 4.00. The largest absolute Gasteiger partial charge is 0.388 e. The van der Waals surface area contributed by atoms with Crippen LogP contribution < -0.4 is 0 Å². The summed E-state index contributed by atoms with van der Waals surface area (Å²) in [4.78, 5) is 0. The first-order valence-corrected chi connectivity index (χ1v) is 6.51. The fraction of sp³-hybridized carbons (Fsp3) is 0.600. The van der Waals surface area contributed by atoms with Gasteiger partial charge in [-0.05, 0) is 30.4 Å². The fourth-order valence-corrected chi connectivity index (χ4v) is 2.83. The van der Waals surface area contributed by atoms with E-state index >= 15 is 0 Å². The van der Waals surface area contributed by atoms with Gasteiger partial charge in [-0.25, -0.2) is 0 Å². The summed E-state index contributed by atoms with van der Waals surface area (Å²) in [6, 6.07) is 8.20. The molecule has 1 unspecified atom stereocenters. The Morgan fingerprint density at radius 1 is 1.19 bits per heavy atom. The van der Waals surface area contributed by atoms with Crippen LogP contribution >= 0.6 is 0 Å². The molecule has 0 amide bonds. The van der Waals surface area contributed by atoms with Gasteiger partial charge in [-0.15, -0.1) is 0 Å². The van der Waals surface area contributed by atoms with Crippen LogP contribution in [-0.2, 0) is 0 Å². The van der Waals surface area contributed by atoms with Crippen molar-refractivity contribution in [2.75, 3.05) is 0 Å². The van der Waals surface area contributed by atoms with E-state index in [1.807, 2.05) is 12.1 Å². The van der Waals surface area contributed by atoms with Gasteiger partial charge in [-0.2, -0.15) is 0 Å². The van der Waals surface area contributed by atoms with Crippen LogP contribution in [0.1, 0.15) is 55.8 Å². The molecule has 1 N–H and O–H groups in total.